The minimum atomic E-state index is -2.59. The van der Waals surface area contributed by atoms with E-state index < -0.39 is 8.80 Å². The first kappa shape index (κ1) is 15.1. The van der Waals surface area contributed by atoms with Gasteiger partial charge in [0.05, 0.1) is 17.7 Å². The first-order valence-corrected chi connectivity index (χ1v) is 8.44. The summed E-state index contributed by atoms with van der Waals surface area (Å²) >= 11 is 0. The molecule has 1 aliphatic rings. The van der Waals surface area contributed by atoms with Crippen molar-refractivity contribution in [3.05, 3.63) is 0 Å². The van der Waals surface area contributed by atoms with Crippen LogP contribution in [0.15, 0.2) is 0 Å². The standard InChI is InChI=1S/C12H26O4Si/c1-6-12(5)11(10-13-12)17(14-7-2,15-8-3)16-9-4/h11H,6-10H2,1-5H3. The van der Waals surface area contributed by atoms with Crippen LogP contribution < -0.4 is 0 Å². The van der Waals surface area contributed by atoms with Gasteiger partial charge in [-0.15, -0.1) is 0 Å². The van der Waals surface area contributed by atoms with E-state index in [-0.39, 0.29) is 11.1 Å². The van der Waals surface area contributed by atoms with E-state index in [1.807, 2.05) is 20.8 Å². The summed E-state index contributed by atoms with van der Waals surface area (Å²) in [6.45, 7) is 12.8. The Labute approximate surface area is 106 Å². The van der Waals surface area contributed by atoms with Crippen LogP contribution in [-0.2, 0) is 18.0 Å². The van der Waals surface area contributed by atoms with Gasteiger partial charge in [-0.3, -0.25) is 0 Å². The number of hydrogen-bond donors (Lipinski definition) is 0. The third-order valence-corrected chi connectivity index (χ3v) is 7.19. The fourth-order valence-corrected chi connectivity index (χ4v) is 5.69. The number of rotatable bonds is 8. The third kappa shape index (κ3) is 2.90. The van der Waals surface area contributed by atoms with E-state index in [9.17, 15) is 0 Å². The van der Waals surface area contributed by atoms with Crippen molar-refractivity contribution in [1.29, 1.82) is 0 Å². The highest BCUT2D eigenvalue weighted by molar-refractivity contribution is 6.63. The zero-order valence-electron chi connectivity index (χ0n) is 11.7. The molecule has 0 spiro atoms. The first-order chi connectivity index (χ1) is 8.08. The van der Waals surface area contributed by atoms with Gasteiger partial charge in [0, 0.05) is 19.8 Å². The van der Waals surface area contributed by atoms with E-state index in [0.717, 1.165) is 6.42 Å². The lowest BCUT2D eigenvalue weighted by Crippen LogP contribution is -2.64. The molecule has 5 heteroatoms. The summed E-state index contributed by atoms with van der Waals surface area (Å²) in [7, 11) is -2.59. The molecular formula is C12H26O4Si. The van der Waals surface area contributed by atoms with Gasteiger partial charge in [-0.1, -0.05) is 6.92 Å². The highest BCUT2D eigenvalue weighted by Gasteiger charge is 2.62. The highest BCUT2D eigenvalue weighted by atomic mass is 28.4. The summed E-state index contributed by atoms with van der Waals surface area (Å²) in [5.74, 6) is 0. The van der Waals surface area contributed by atoms with Crippen LogP contribution >= 0.6 is 0 Å². The van der Waals surface area contributed by atoms with Crippen molar-refractivity contribution >= 4 is 8.80 Å². The Morgan fingerprint density at radius 1 is 1.06 bits per heavy atom. The summed E-state index contributed by atoms with van der Waals surface area (Å²) in [6.07, 6.45) is 0.958. The molecule has 0 aromatic heterocycles. The van der Waals surface area contributed by atoms with Crippen molar-refractivity contribution in [3.63, 3.8) is 0 Å². The average molecular weight is 262 g/mol. The Bertz CT molecular complexity index is 216. The fraction of sp³-hybridized carbons (Fsp3) is 1.00. The van der Waals surface area contributed by atoms with Crippen molar-refractivity contribution in [1.82, 2.24) is 0 Å². The molecule has 0 amide bonds. The molecule has 0 aromatic carbocycles. The first-order valence-electron chi connectivity index (χ1n) is 6.64. The van der Waals surface area contributed by atoms with Crippen LogP contribution in [0.25, 0.3) is 0 Å². The van der Waals surface area contributed by atoms with Crippen LogP contribution in [0.4, 0.5) is 0 Å². The zero-order valence-corrected chi connectivity index (χ0v) is 12.7. The Morgan fingerprint density at radius 2 is 1.53 bits per heavy atom. The predicted molar refractivity (Wildman–Crippen MR) is 69.0 cm³/mol. The summed E-state index contributed by atoms with van der Waals surface area (Å²) in [6, 6.07) is 0. The van der Waals surface area contributed by atoms with Gasteiger partial charge in [0.2, 0.25) is 0 Å². The van der Waals surface area contributed by atoms with Crippen molar-refractivity contribution in [2.45, 2.75) is 52.2 Å². The lowest BCUT2D eigenvalue weighted by Gasteiger charge is -2.51. The van der Waals surface area contributed by atoms with Gasteiger partial charge in [0.1, 0.15) is 0 Å². The van der Waals surface area contributed by atoms with Crippen molar-refractivity contribution in [3.8, 4) is 0 Å². The van der Waals surface area contributed by atoms with E-state index in [1.165, 1.54) is 0 Å². The lowest BCUT2D eigenvalue weighted by atomic mass is 9.94. The van der Waals surface area contributed by atoms with E-state index in [0.29, 0.717) is 26.4 Å². The maximum Gasteiger partial charge on any atom is 0.509 e. The molecule has 1 saturated heterocycles. The summed E-state index contributed by atoms with van der Waals surface area (Å²) in [5, 5.41) is 0. The molecule has 0 saturated carbocycles. The molecule has 1 rings (SSSR count). The number of hydrogen-bond acceptors (Lipinski definition) is 4. The van der Waals surface area contributed by atoms with Gasteiger partial charge in [-0.2, -0.15) is 0 Å². The van der Waals surface area contributed by atoms with Gasteiger partial charge in [0.25, 0.3) is 0 Å². The van der Waals surface area contributed by atoms with Crippen LogP contribution in [-0.4, -0.2) is 40.8 Å². The maximum atomic E-state index is 5.93. The van der Waals surface area contributed by atoms with Crippen LogP contribution in [0.5, 0.6) is 0 Å². The van der Waals surface area contributed by atoms with Gasteiger partial charge in [0.15, 0.2) is 0 Å². The summed E-state index contributed by atoms with van der Waals surface area (Å²) in [5.41, 5.74) is 0.117. The van der Waals surface area contributed by atoms with Crippen LogP contribution in [0.2, 0.25) is 5.54 Å². The Balaban J connectivity index is 2.87. The second kappa shape index (κ2) is 6.29. The van der Waals surface area contributed by atoms with E-state index in [2.05, 4.69) is 13.8 Å². The third-order valence-electron chi connectivity index (χ3n) is 3.48. The molecule has 1 fully saturated rings. The van der Waals surface area contributed by atoms with Gasteiger partial charge >= 0.3 is 8.80 Å². The van der Waals surface area contributed by atoms with Crippen LogP contribution in [0.1, 0.15) is 41.0 Å². The van der Waals surface area contributed by atoms with Gasteiger partial charge in [-0.25, -0.2) is 0 Å². The normalized spacial score (nSPS) is 29.1. The van der Waals surface area contributed by atoms with Gasteiger partial charge in [-0.05, 0) is 34.1 Å². The Hall–Kier alpha value is 0.0569. The van der Waals surface area contributed by atoms with Crippen LogP contribution in [0, 0.1) is 0 Å². The zero-order chi connectivity index (χ0) is 12.9. The SMILES string of the molecule is CCO[Si](OCC)(OCC)C1COC1(C)CC. The molecule has 1 aliphatic heterocycles. The number of ether oxygens (including phenoxy) is 1. The summed E-state index contributed by atoms with van der Waals surface area (Å²) in [4.78, 5) is 0. The topological polar surface area (TPSA) is 36.9 Å². The molecule has 2 atom stereocenters. The Morgan fingerprint density at radius 3 is 1.76 bits per heavy atom. The van der Waals surface area contributed by atoms with E-state index in [4.69, 9.17) is 18.0 Å². The molecule has 1 heterocycles. The quantitative estimate of drug-likeness (QED) is 0.630. The second-order valence-corrected chi connectivity index (χ2v) is 7.20. The smallest absolute Gasteiger partial charge is 0.375 e. The minimum Gasteiger partial charge on any atom is -0.375 e. The van der Waals surface area contributed by atoms with Gasteiger partial charge < -0.3 is 18.0 Å². The molecule has 0 N–H and O–H groups in total. The van der Waals surface area contributed by atoms with E-state index >= 15 is 0 Å². The summed E-state index contributed by atoms with van der Waals surface area (Å²) < 4.78 is 23.5. The van der Waals surface area contributed by atoms with Crippen molar-refractivity contribution in [2.75, 3.05) is 26.4 Å². The van der Waals surface area contributed by atoms with Crippen molar-refractivity contribution in [2.24, 2.45) is 0 Å². The molecule has 0 aliphatic carbocycles. The average Bonchev–Trinajstić information content (AvgIpc) is 2.27. The van der Waals surface area contributed by atoms with Crippen LogP contribution in [0.3, 0.4) is 0 Å². The fourth-order valence-electron chi connectivity index (χ4n) is 2.31. The van der Waals surface area contributed by atoms with E-state index in [1.54, 1.807) is 0 Å². The largest absolute Gasteiger partial charge is 0.509 e. The highest BCUT2D eigenvalue weighted by Crippen LogP contribution is 2.47. The molecular weight excluding hydrogens is 236 g/mol. The predicted octanol–water partition coefficient (Wildman–Crippen LogP) is 2.60. The lowest BCUT2D eigenvalue weighted by molar-refractivity contribution is -0.159. The molecule has 0 aromatic rings. The molecule has 2 unspecified atom stereocenters. The monoisotopic (exact) mass is 262 g/mol. The molecule has 17 heavy (non-hydrogen) atoms. The minimum absolute atomic E-state index is 0.147. The Kier molecular flexibility index (Phi) is 5.59. The molecule has 0 radical (unpaired) electrons. The maximum absolute atomic E-state index is 5.93. The van der Waals surface area contributed by atoms with Crippen molar-refractivity contribution < 1.29 is 18.0 Å². The molecule has 0 bridgehead atoms. The second-order valence-electron chi connectivity index (χ2n) is 4.43. The molecule has 4 nitrogen and oxygen atoms in total. The molecule has 102 valence electrons.